The van der Waals surface area contributed by atoms with Crippen LogP contribution in [0.4, 0.5) is 5.13 Å². The molecule has 0 amide bonds. The number of thiazole rings is 1. The maximum absolute atomic E-state index is 8.84. The van der Waals surface area contributed by atoms with Crippen molar-refractivity contribution in [2.75, 3.05) is 12.2 Å². The maximum Gasteiger partial charge on any atom is 0.231 e. The van der Waals surface area contributed by atoms with Gasteiger partial charge in [-0.1, -0.05) is 12.1 Å². The van der Waals surface area contributed by atoms with Gasteiger partial charge in [-0.3, -0.25) is 5.43 Å². The molecule has 0 radical (unpaired) electrons. The summed E-state index contributed by atoms with van der Waals surface area (Å²) in [7, 11) is 0. The van der Waals surface area contributed by atoms with E-state index < -0.39 is 0 Å². The molecule has 7 heteroatoms. The molecule has 6 nitrogen and oxygen atoms in total. The molecule has 1 aromatic heterocycles. The number of hydrazone groups is 1. The molecule has 0 saturated heterocycles. The Labute approximate surface area is 148 Å². The molecule has 2 aromatic carbocycles. The third-order valence-electron chi connectivity index (χ3n) is 3.58. The molecular weight excluding hydrogens is 336 g/mol. The summed E-state index contributed by atoms with van der Waals surface area (Å²) < 4.78 is 10.6. The molecular formula is C18H12N4O2S. The van der Waals surface area contributed by atoms with E-state index in [1.807, 2.05) is 35.7 Å². The number of hydrogen-bond acceptors (Lipinski definition) is 7. The number of nitrogens with one attached hydrogen (secondary N) is 1. The highest BCUT2D eigenvalue weighted by atomic mass is 32.1. The van der Waals surface area contributed by atoms with Gasteiger partial charge in [0.05, 0.1) is 23.5 Å². The van der Waals surface area contributed by atoms with E-state index in [0.29, 0.717) is 10.7 Å². The average Bonchev–Trinajstić information content (AvgIpc) is 3.31. The SMILES string of the molecule is N#Cc1ccc(-c2csc(N/N=C\c3ccc4c(c3)OCO4)n2)cc1. The van der Waals surface area contributed by atoms with Crippen molar-refractivity contribution >= 4 is 22.7 Å². The molecule has 0 unspecified atom stereocenters. The third-order valence-corrected chi connectivity index (χ3v) is 4.33. The van der Waals surface area contributed by atoms with Crippen LogP contribution in [0.25, 0.3) is 11.3 Å². The molecule has 0 aliphatic carbocycles. The van der Waals surface area contributed by atoms with Crippen molar-refractivity contribution in [1.82, 2.24) is 4.98 Å². The minimum Gasteiger partial charge on any atom is -0.454 e. The Hall–Kier alpha value is -3.37. The molecule has 0 spiro atoms. The zero-order valence-corrected chi connectivity index (χ0v) is 13.8. The molecule has 2 heterocycles. The van der Waals surface area contributed by atoms with Crippen LogP contribution in [0.3, 0.4) is 0 Å². The number of aromatic nitrogens is 1. The summed E-state index contributed by atoms with van der Waals surface area (Å²) in [5.41, 5.74) is 6.26. The average molecular weight is 348 g/mol. The van der Waals surface area contributed by atoms with E-state index in [4.69, 9.17) is 14.7 Å². The van der Waals surface area contributed by atoms with Crippen LogP contribution in [0, 0.1) is 11.3 Å². The first-order valence-electron chi connectivity index (χ1n) is 7.46. The predicted octanol–water partition coefficient (Wildman–Crippen LogP) is 3.86. The number of nitriles is 1. The summed E-state index contributed by atoms with van der Waals surface area (Å²) in [5, 5.41) is 15.7. The van der Waals surface area contributed by atoms with Crippen molar-refractivity contribution < 1.29 is 9.47 Å². The van der Waals surface area contributed by atoms with Crippen molar-refractivity contribution in [3.8, 4) is 28.8 Å². The normalized spacial score (nSPS) is 12.3. The number of hydrogen-bond donors (Lipinski definition) is 1. The highest BCUT2D eigenvalue weighted by molar-refractivity contribution is 7.14. The van der Waals surface area contributed by atoms with E-state index in [2.05, 4.69) is 21.6 Å². The summed E-state index contributed by atoms with van der Waals surface area (Å²) in [6.45, 7) is 0.255. The van der Waals surface area contributed by atoms with Crippen molar-refractivity contribution in [2.24, 2.45) is 5.10 Å². The van der Waals surface area contributed by atoms with E-state index in [0.717, 1.165) is 28.3 Å². The molecule has 1 aliphatic rings. The highest BCUT2D eigenvalue weighted by Crippen LogP contribution is 2.32. The van der Waals surface area contributed by atoms with Gasteiger partial charge in [-0.25, -0.2) is 4.98 Å². The minimum absolute atomic E-state index is 0.255. The Morgan fingerprint density at radius 2 is 2.00 bits per heavy atom. The molecule has 0 bridgehead atoms. The van der Waals surface area contributed by atoms with E-state index in [9.17, 15) is 0 Å². The van der Waals surface area contributed by atoms with Gasteiger partial charge in [0.1, 0.15) is 0 Å². The molecule has 122 valence electrons. The van der Waals surface area contributed by atoms with Gasteiger partial charge in [-0.05, 0) is 35.9 Å². The van der Waals surface area contributed by atoms with Gasteiger partial charge >= 0.3 is 0 Å². The van der Waals surface area contributed by atoms with Gasteiger partial charge in [-0.2, -0.15) is 10.4 Å². The van der Waals surface area contributed by atoms with Gasteiger partial charge in [-0.15, -0.1) is 11.3 Å². The van der Waals surface area contributed by atoms with Crippen molar-refractivity contribution in [3.63, 3.8) is 0 Å². The topological polar surface area (TPSA) is 79.5 Å². The smallest absolute Gasteiger partial charge is 0.231 e. The molecule has 0 atom stereocenters. The quantitative estimate of drug-likeness (QED) is 0.572. The molecule has 1 aliphatic heterocycles. The zero-order chi connectivity index (χ0) is 17.1. The fourth-order valence-corrected chi connectivity index (χ4v) is 3.00. The molecule has 3 aromatic rings. The summed E-state index contributed by atoms with van der Waals surface area (Å²) in [6, 6.07) is 15.1. The fraction of sp³-hybridized carbons (Fsp3) is 0.0556. The molecule has 0 saturated carbocycles. The van der Waals surface area contributed by atoms with Crippen LogP contribution < -0.4 is 14.9 Å². The van der Waals surface area contributed by atoms with E-state index in [1.54, 1.807) is 18.3 Å². The Morgan fingerprint density at radius 3 is 2.84 bits per heavy atom. The second-order valence-electron chi connectivity index (χ2n) is 5.21. The zero-order valence-electron chi connectivity index (χ0n) is 13.0. The Bertz CT molecular complexity index is 973. The van der Waals surface area contributed by atoms with Crippen molar-refractivity contribution in [3.05, 3.63) is 59.0 Å². The third kappa shape index (κ3) is 3.29. The Kier molecular flexibility index (Phi) is 4.02. The standard InChI is InChI=1S/C18H12N4O2S/c19-8-12-1-4-14(5-2-12)15-10-25-18(21-15)22-20-9-13-3-6-16-17(7-13)24-11-23-16/h1-7,9-10H,11H2,(H,21,22)/b20-9-. The van der Waals surface area contributed by atoms with Gasteiger partial charge in [0, 0.05) is 10.9 Å². The van der Waals surface area contributed by atoms with Crippen LogP contribution in [-0.4, -0.2) is 18.0 Å². The van der Waals surface area contributed by atoms with Gasteiger partial charge < -0.3 is 9.47 Å². The first kappa shape index (κ1) is 15.2. The number of anilines is 1. The summed E-state index contributed by atoms with van der Waals surface area (Å²) >= 11 is 1.46. The Balaban J connectivity index is 1.43. The maximum atomic E-state index is 8.84. The first-order valence-corrected chi connectivity index (χ1v) is 8.34. The number of ether oxygens (including phenoxy) is 2. The lowest BCUT2D eigenvalue weighted by Gasteiger charge is -1.98. The fourth-order valence-electron chi connectivity index (χ4n) is 2.33. The molecule has 4 rings (SSSR count). The summed E-state index contributed by atoms with van der Waals surface area (Å²) in [4.78, 5) is 4.49. The lowest BCUT2D eigenvalue weighted by Crippen LogP contribution is -1.93. The van der Waals surface area contributed by atoms with Crippen LogP contribution in [0.1, 0.15) is 11.1 Å². The van der Waals surface area contributed by atoms with Gasteiger partial charge in [0.25, 0.3) is 0 Å². The van der Waals surface area contributed by atoms with Crippen LogP contribution in [0.5, 0.6) is 11.5 Å². The predicted molar refractivity (Wildman–Crippen MR) is 96.0 cm³/mol. The van der Waals surface area contributed by atoms with Gasteiger partial charge in [0.15, 0.2) is 11.5 Å². The second kappa shape index (κ2) is 6.63. The number of fused-ring (bicyclic) bond motifs is 1. The van der Waals surface area contributed by atoms with E-state index in [-0.39, 0.29) is 6.79 Å². The summed E-state index contributed by atoms with van der Waals surface area (Å²) in [5.74, 6) is 1.47. The summed E-state index contributed by atoms with van der Waals surface area (Å²) in [6.07, 6.45) is 1.70. The highest BCUT2D eigenvalue weighted by Gasteiger charge is 2.12. The van der Waals surface area contributed by atoms with Crippen LogP contribution in [0.2, 0.25) is 0 Å². The minimum atomic E-state index is 0.255. The van der Waals surface area contributed by atoms with Gasteiger partial charge in [0.2, 0.25) is 11.9 Å². The van der Waals surface area contributed by atoms with Crippen LogP contribution in [-0.2, 0) is 0 Å². The lowest BCUT2D eigenvalue weighted by molar-refractivity contribution is 0.174. The van der Waals surface area contributed by atoms with Crippen LogP contribution >= 0.6 is 11.3 Å². The number of rotatable bonds is 4. The largest absolute Gasteiger partial charge is 0.454 e. The number of benzene rings is 2. The van der Waals surface area contributed by atoms with E-state index in [1.165, 1.54) is 11.3 Å². The van der Waals surface area contributed by atoms with Crippen LogP contribution in [0.15, 0.2) is 52.9 Å². The van der Waals surface area contributed by atoms with E-state index >= 15 is 0 Å². The molecule has 25 heavy (non-hydrogen) atoms. The monoisotopic (exact) mass is 348 g/mol. The number of nitrogens with zero attached hydrogens (tertiary/aromatic N) is 3. The molecule has 1 N–H and O–H groups in total. The molecule has 0 fully saturated rings. The second-order valence-corrected chi connectivity index (χ2v) is 6.07. The lowest BCUT2D eigenvalue weighted by atomic mass is 10.1. The van der Waals surface area contributed by atoms with Crippen molar-refractivity contribution in [2.45, 2.75) is 0 Å². The Morgan fingerprint density at radius 1 is 1.16 bits per heavy atom. The first-order chi connectivity index (χ1) is 12.3. The van der Waals surface area contributed by atoms with Crippen molar-refractivity contribution in [1.29, 1.82) is 5.26 Å².